The van der Waals surface area contributed by atoms with Crippen LogP contribution in [0.1, 0.15) is 55.1 Å². The monoisotopic (exact) mass is 549 g/mol. The number of nitrogens with zero attached hydrogens (tertiary/aromatic N) is 2. The minimum Gasteiger partial charge on any atom is -0.497 e. The molecule has 0 aromatic heterocycles. The van der Waals surface area contributed by atoms with Crippen molar-refractivity contribution in [1.29, 1.82) is 0 Å². The molecule has 1 fully saturated rings. The smallest absolute Gasteiger partial charge is 0.325 e. The van der Waals surface area contributed by atoms with Crippen molar-refractivity contribution < 1.29 is 22.7 Å². The molecule has 0 radical (unpaired) electrons. The van der Waals surface area contributed by atoms with Gasteiger partial charge in [-0.1, -0.05) is 57.2 Å². The highest BCUT2D eigenvalue weighted by molar-refractivity contribution is 7.91. The molecule has 0 atom stereocenters. The number of sulfone groups is 1. The molecule has 0 unspecified atom stereocenters. The summed E-state index contributed by atoms with van der Waals surface area (Å²) in [6, 6.07) is 19.9. The van der Waals surface area contributed by atoms with Crippen LogP contribution in [0.4, 0.5) is 10.5 Å². The van der Waals surface area contributed by atoms with Crippen LogP contribution in [0.15, 0.2) is 77.7 Å². The number of para-hydroxylation sites is 1. The van der Waals surface area contributed by atoms with Crippen LogP contribution in [-0.4, -0.2) is 44.3 Å². The third kappa shape index (κ3) is 6.60. The molecule has 3 amide bonds. The van der Waals surface area contributed by atoms with Gasteiger partial charge in [0.25, 0.3) is 5.91 Å². The Morgan fingerprint density at radius 3 is 2.23 bits per heavy atom. The fourth-order valence-corrected chi connectivity index (χ4v) is 5.70. The van der Waals surface area contributed by atoms with Crippen LogP contribution in [0.2, 0.25) is 0 Å². The second-order valence-electron chi connectivity index (χ2n) is 10.8. The number of benzene rings is 3. The van der Waals surface area contributed by atoms with Crippen LogP contribution in [0, 0.1) is 0 Å². The van der Waals surface area contributed by atoms with Crippen LogP contribution in [0.25, 0.3) is 0 Å². The maximum Gasteiger partial charge on any atom is 0.325 e. The van der Waals surface area contributed by atoms with Gasteiger partial charge in [-0.15, -0.1) is 0 Å². The Bertz CT molecular complexity index is 1460. The molecule has 3 aromatic carbocycles. The molecule has 206 valence electrons. The summed E-state index contributed by atoms with van der Waals surface area (Å²) < 4.78 is 32.7. The molecule has 0 aliphatic heterocycles. The van der Waals surface area contributed by atoms with Crippen molar-refractivity contribution in [2.75, 3.05) is 17.9 Å². The van der Waals surface area contributed by atoms with Crippen molar-refractivity contribution >= 4 is 27.5 Å². The van der Waals surface area contributed by atoms with Gasteiger partial charge >= 0.3 is 6.03 Å². The summed E-state index contributed by atoms with van der Waals surface area (Å²) in [7, 11) is -2.40. The number of carbonyl (C=O) groups excluding carboxylic acids is 2. The molecule has 3 aromatic rings. The summed E-state index contributed by atoms with van der Waals surface area (Å²) in [4.78, 5) is 29.4. The van der Waals surface area contributed by atoms with Crippen LogP contribution in [-0.2, 0) is 21.8 Å². The first-order valence-corrected chi connectivity index (χ1v) is 14.5. The third-order valence-corrected chi connectivity index (χ3v) is 8.38. The molecule has 4 rings (SSSR count). The molecule has 9 heteroatoms. The van der Waals surface area contributed by atoms with Crippen molar-refractivity contribution in [2.24, 2.45) is 5.73 Å². The molecule has 0 spiro atoms. The first-order chi connectivity index (χ1) is 18.4. The molecule has 2 N–H and O–H groups in total. The summed E-state index contributed by atoms with van der Waals surface area (Å²) >= 11 is 0. The van der Waals surface area contributed by atoms with E-state index in [0.717, 1.165) is 28.9 Å². The minimum absolute atomic E-state index is 0.0410. The Labute approximate surface area is 230 Å². The van der Waals surface area contributed by atoms with Crippen molar-refractivity contribution in [3.05, 3.63) is 89.5 Å². The van der Waals surface area contributed by atoms with Gasteiger partial charge in [0.05, 0.1) is 23.3 Å². The van der Waals surface area contributed by atoms with Gasteiger partial charge in [0.2, 0.25) is 0 Å². The first kappa shape index (κ1) is 28.2. The number of amides is 3. The van der Waals surface area contributed by atoms with E-state index in [2.05, 4.69) is 0 Å². The lowest BCUT2D eigenvalue weighted by Crippen LogP contribution is -2.47. The quantitative estimate of drug-likeness (QED) is 0.399. The van der Waals surface area contributed by atoms with Gasteiger partial charge < -0.3 is 15.4 Å². The van der Waals surface area contributed by atoms with Gasteiger partial charge in [0.1, 0.15) is 11.6 Å². The summed E-state index contributed by atoms with van der Waals surface area (Å²) in [5, 5.41) is 0. The topological polar surface area (TPSA) is 110 Å². The van der Waals surface area contributed by atoms with Gasteiger partial charge in [-0.2, -0.15) is 0 Å². The predicted molar refractivity (Wildman–Crippen MR) is 152 cm³/mol. The lowest BCUT2D eigenvalue weighted by molar-refractivity contribution is 0.100. The summed E-state index contributed by atoms with van der Waals surface area (Å²) in [6.45, 7) is 6.40. The maximum absolute atomic E-state index is 14.2. The third-order valence-electron chi connectivity index (χ3n) is 6.79. The van der Waals surface area contributed by atoms with E-state index in [4.69, 9.17) is 10.5 Å². The summed E-state index contributed by atoms with van der Waals surface area (Å²) in [5.74, 6) is -0.735. The number of carbonyl (C=O) groups is 2. The van der Waals surface area contributed by atoms with Gasteiger partial charge in [-0.3, -0.25) is 9.69 Å². The number of hydrogen-bond acceptors (Lipinski definition) is 5. The average molecular weight is 550 g/mol. The molecule has 1 saturated carbocycles. The van der Waals surface area contributed by atoms with Crippen molar-refractivity contribution in [2.45, 2.75) is 56.5 Å². The lowest BCUT2D eigenvalue weighted by atomic mass is 9.87. The number of nitrogens with two attached hydrogens (primary N) is 1. The fourth-order valence-electron chi connectivity index (χ4n) is 4.41. The molecule has 8 nitrogen and oxygen atoms in total. The molecule has 0 bridgehead atoms. The Kier molecular flexibility index (Phi) is 8.02. The van der Waals surface area contributed by atoms with E-state index >= 15 is 0 Å². The van der Waals surface area contributed by atoms with E-state index in [9.17, 15) is 18.0 Å². The zero-order valence-corrected chi connectivity index (χ0v) is 23.6. The fraction of sp³-hybridized carbons (Fsp3) is 0.333. The molecule has 1 aliphatic carbocycles. The first-order valence-electron chi connectivity index (χ1n) is 12.8. The second-order valence-corrected chi connectivity index (χ2v) is 12.8. The number of rotatable bonds is 9. The predicted octanol–water partition coefficient (Wildman–Crippen LogP) is 5.11. The standard InChI is InChI=1S/C30H35N3O5S/c1-30(2,3)22-12-16-25(17-13-22)39(36,37)20-33(27-11-6-5-10-26(27)28(31)34)29(35)32(23-14-15-23)19-21-8-7-9-24(18-21)38-4/h5-13,16-18,23H,14-15,19-20H2,1-4H3,(H2,31,34). The van der Waals surface area contributed by atoms with Crippen molar-refractivity contribution in [3.63, 3.8) is 0 Å². The average Bonchev–Trinajstić information content (AvgIpc) is 3.75. The SMILES string of the molecule is COc1cccc(CN(C(=O)N(CS(=O)(=O)c2ccc(C(C)(C)C)cc2)c2ccccc2C(N)=O)C2CC2)c1. The number of primary amides is 1. The van der Waals surface area contributed by atoms with E-state index in [0.29, 0.717) is 5.75 Å². The Morgan fingerprint density at radius 2 is 1.64 bits per heavy atom. The largest absolute Gasteiger partial charge is 0.497 e. The number of methoxy groups -OCH3 is 1. The molecular formula is C30H35N3O5S. The molecule has 0 heterocycles. The van der Waals surface area contributed by atoms with Gasteiger partial charge in [-0.25, -0.2) is 13.2 Å². The van der Waals surface area contributed by atoms with E-state index in [1.807, 2.05) is 45.0 Å². The number of ether oxygens (including phenoxy) is 1. The van der Waals surface area contributed by atoms with Crippen LogP contribution >= 0.6 is 0 Å². The van der Waals surface area contributed by atoms with Crippen LogP contribution in [0.3, 0.4) is 0 Å². The summed E-state index contributed by atoms with van der Waals surface area (Å²) in [5.41, 5.74) is 7.55. The number of hydrogen-bond donors (Lipinski definition) is 1. The minimum atomic E-state index is -3.97. The maximum atomic E-state index is 14.2. The Morgan fingerprint density at radius 1 is 0.974 bits per heavy atom. The van der Waals surface area contributed by atoms with E-state index < -0.39 is 27.7 Å². The van der Waals surface area contributed by atoms with Gasteiger partial charge in [0, 0.05) is 12.6 Å². The highest BCUT2D eigenvalue weighted by Gasteiger charge is 2.38. The number of urea groups is 1. The van der Waals surface area contributed by atoms with E-state index in [-0.39, 0.29) is 34.1 Å². The molecular weight excluding hydrogens is 514 g/mol. The second kappa shape index (κ2) is 11.1. The normalized spacial score (nSPS) is 13.5. The zero-order chi connectivity index (χ0) is 28.4. The molecule has 0 saturated heterocycles. The van der Waals surface area contributed by atoms with Crippen molar-refractivity contribution in [3.8, 4) is 5.75 Å². The Balaban J connectivity index is 1.73. The van der Waals surface area contributed by atoms with E-state index in [1.165, 1.54) is 6.07 Å². The van der Waals surface area contributed by atoms with Crippen molar-refractivity contribution in [1.82, 2.24) is 4.90 Å². The molecule has 1 aliphatic rings. The van der Waals surface area contributed by atoms with Crippen LogP contribution in [0.5, 0.6) is 5.75 Å². The summed E-state index contributed by atoms with van der Waals surface area (Å²) in [6.07, 6.45) is 1.62. The highest BCUT2D eigenvalue weighted by atomic mass is 32.2. The number of anilines is 1. The van der Waals surface area contributed by atoms with Gasteiger partial charge in [-0.05, 0) is 65.8 Å². The molecule has 39 heavy (non-hydrogen) atoms. The van der Waals surface area contributed by atoms with E-state index in [1.54, 1.807) is 54.5 Å². The lowest BCUT2D eigenvalue weighted by Gasteiger charge is -2.32. The van der Waals surface area contributed by atoms with Gasteiger partial charge in [0.15, 0.2) is 9.84 Å². The zero-order valence-electron chi connectivity index (χ0n) is 22.8. The van der Waals surface area contributed by atoms with Crippen LogP contribution < -0.4 is 15.4 Å². The highest BCUT2D eigenvalue weighted by Crippen LogP contribution is 2.33. The Hall–Kier alpha value is -3.85.